The molecule has 17 heavy (non-hydrogen) atoms. The summed E-state index contributed by atoms with van der Waals surface area (Å²) in [5.41, 5.74) is -1.73. The van der Waals surface area contributed by atoms with Gasteiger partial charge in [0.15, 0.2) is 0 Å². The van der Waals surface area contributed by atoms with Gasteiger partial charge in [0.1, 0.15) is 5.56 Å². The van der Waals surface area contributed by atoms with Gasteiger partial charge in [0, 0.05) is 19.2 Å². The van der Waals surface area contributed by atoms with Crippen LogP contribution < -0.4 is 11.2 Å². The van der Waals surface area contributed by atoms with Crippen molar-refractivity contribution < 1.29 is 15.0 Å². The number of nitrogens with zero attached hydrogens (tertiary/aromatic N) is 1. The summed E-state index contributed by atoms with van der Waals surface area (Å²) < 4.78 is 0. The highest BCUT2D eigenvalue weighted by Gasteiger charge is 2.04. The van der Waals surface area contributed by atoms with Crippen LogP contribution in [0, 0.1) is 0 Å². The predicted octanol–water partition coefficient (Wildman–Crippen LogP) is -0.948. The highest BCUT2D eigenvalue weighted by atomic mass is 16.4. The number of carboxylic acid groups (broad SMARTS) is 1. The first-order chi connectivity index (χ1) is 8.00. The number of carboxylic acids is 1. The summed E-state index contributed by atoms with van der Waals surface area (Å²) in [4.78, 5) is 39.8. The van der Waals surface area contributed by atoms with Gasteiger partial charge in [-0.2, -0.15) is 0 Å². The van der Waals surface area contributed by atoms with E-state index in [1.54, 1.807) is 0 Å². The van der Waals surface area contributed by atoms with Gasteiger partial charge in [0.25, 0.3) is 5.56 Å². The molecule has 8 heteroatoms. The number of hydrogen-bond donors (Lipinski definition) is 4. The molecule has 0 radical (unpaired) electrons. The molecule has 0 unspecified atom stereocenters. The number of aromatic nitrogens is 2. The Morgan fingerprint density at radius 2 is 2.06 bits per heavy atom. The second-order valence-corrected chi connectivity index (χ2v) is 3.20. The number of aromatic hydroxyl groups is 1. The molecule has 0 saturated carbocycles. The first kappa shape index (κ1) is 12.7. The van der Waals surface area contributed by atoms with Gasteiger partial charge in [-0.1, -0.05) is 0 Å². The molecule has 0 spiro atoms. The normalized spacial score (nSPS) is 10.8. The predicted molar refractivity (Wildman–Crippen MR) is 58.7 cm³/mol. The van der Waals surface area contributed by atoms with Crippen LogP contribution in [0.3, 0.4) is 0 Å². The smallest absolute Gasteiger partial charge is 0.328 e. The zero-order valence-electron chi connectivity index (χ0n) is 8.77. The molecule has 1 aromatic heterocycles. The number of aliphatic carboxylic acids is 1. The van der Waals surface area contributed by atoms with Crippen LogP contribution in [0.15, 0.2) is 14.6 Å². The average Bonchev–Trinajstić information content (AvgIpc) is 2.20. The van der Waals surface area contributed by atoms with Crippen molar-refractivity contribution in [2.24, 2.45) is 4.99 Å². The van der Waals surface area contributed by atoms with Crippen molar-refractivity contribution in [2.75, 3.05) is 6.54 Å². The van der Waals surface area contributed by atoms with Crippen LogP contribution in [-0.2, 0) is 4.79 Å². The van der Waals surface area contributed by atoms with E-state index in [1.807, 2.05) is 9.97 Å². The van der Waals surface area contributed by atoms with Crippen LogP contribution in [0.4, 0.5) is 0 Å². The second-order valence-electron chi connectivity index (χ2n) is 3.20. The second kappa shape index (κ2) is 5.64. The van der Waals surface area contributed by atoms with Gasteiger partial charge < -0.3 is 10.2 Å². The topological polar surface area (TPSA) is 136 Å². The molecule has 8 nitrogen and oxygen atoms in total. The molecule has 0 amide bonds. The fraction of sp³-hybridized carbons (Fsp3) is 0.333. The van der Waals surface area contributed by atoms with E-state index in [0.29, 0.717) is 6.42 Å². The maximum Gasteiger partial charge on any atom is 0.328 e. The number of nitrogens with one attached hydrogen (secondary N) is 2. The Hall–Kier alpha value is -2.38. The fourth-order valence-corrected chi connectivity index (χ4v) is 1.08. The third-order valence-electron chi connectivity index (χ3n) is 1.86. The molecule has 1 aromatic rings. The summed E-state index contributed by atoms with van der Waals surface area (Å²) in [6.07, 6.45) is 1.39. The summed E-state index contributed by atoms with van der Waals surface area (Å²) in [5.74, 6) is -1.49. The quantitative estimate of drug-likeness (QED) is 0.389. The Morgan fingerprint density at radius 1 is 1.35 bits per heavy atom. The molecule has 0 atom stereocenters. The Balaban J connectivity index is 2.69. The van der Waals surface area contributed by atoms with Crippen LogP contribution in [0.5, 0.6) is 5.88 Å². The van der Waals surface area contributed by atoms with E-state index >= 15 is 0 Å². The Labute approximate surface area is 94.7 Å². The number of rotatable bonds is 5. The van der Waals surface area contributed by atoms with Gasteiger partial charge in [-0.15, -0.1) is 0 Å². The molecule has 92 valence electrons. The molecule has 0 aliphatic rings. The molecule has 1 heterocycles. The SMILES string of the molecule is O=C(O)CCCN=Cc1c(O)[nH]c(=O)[nH]c1=O. The van der Waals surface area contributed by atoms with E-state index in [-0.39, 0.29) is 18.5 Å². The van der Waals surface area contributed by atoms with Crippen LogP contribution >= 0.6 is 0 Å². The Morgan fingerprint density at radius 3 is 2.65 bits per heavy atom. The van der Waals surface area contributed by atoms with Crippen molar-refractivity contribution in [1.29, 1.82) is 0 Å². The minimum atomic E-state index is -0.926. The van der Waals surface area contributed by atoms with Crippen LogP contribution in [-0.4, -0.2) is 38.9 Å². The van der Waals surface area contributed by atoms with Crippen molar-refractivity contribution in [3.8, 4) is 5.88 Å². The van der Waals surface area contributed by atoms with Crippen LogP contribution in [0.1, 0.15) is 18.4 Å². The zero-order valence-corrected chi connectivity index (χ0v) is 8.77. The van der Waals surface area contributed by atoms with Crippen molar-refractivity contribution in [3.05, 3.63) is 26.4 Å². The summed E-state index contributed by atoms with van der Waals surface area (Å²) in [6.45, 7) is 0.213. The molecule has 4 N–H and O–H groups in total. The van der Waals surface area contributed by atoms with Gasteiger partial charge in [0.2, 0.25) is 5.88 Å². The van der Waals surface area contributed by atoms with E-state index in [2.05, 4.69) is 4.99 Å². The standard InChI is InChI=1S/C9H11N3O5/c13-6(14)2-1-3-10-4-5-7(15)11-9(17)12-8(5)16/h4H,1-3H2,(H,13,14)(H3,11,12,15,16,17). The molecule has 0 fully saturated rings. The van der Waals surface area contributed by atoms with Crippen LogP contribution in [0.25, 0.3) is 0 Å². The number of H-pyrrole nitrogens is 2. The molecular weight excluding hydrogens is 230 g/mol. The Bertz CT molecular complexity index is 542. The fourth-order valence-electron chi connectivity index (χ4n) is 1.08. The number of hydrogen-bond acceptors (Lipinski definition) is 5. The number of carbonyl (C=O) groups is 1. The Kier molecular flexibility index (Phi) is 4.21. The van der Waals surface area contributed by atoms with Crippen molar-refractivity contribution in [2.45, 2.75) is 12.8 Å². The van der Waals surface area contributed by atoms with Crippen LogP contribution in [0.2, 0.25) is 0 Å². The van der Waals surface area contributed by atoms with Gasteiger partial charge in [-0.25, -0.2) is 4.79 Å². The highest BCUT2D eigenvalue weighted by Crippen LogP contribution is 2.01. The summed E-state index contributed by atoms with van der Waals surface area (Å²) in [7, 11) is 0. The van der Waals surface area contributed by atoms with Crippen molar-refractivity contribution in [3.63, 3.8) is 0 Å². The minimum absolute atomic E-state index is 0.0225. The van der Waals surface area contributed by atoms with Gasteiger partial charge in [-0.3, -0.25) is 24.5 Å². The molecule has 0 aliphatic heterocycles. The van der Waals surface area contributed by atoms with Gasteiger partial charge in [-0.05, 0) is 6.42 Å². The third-order valence-corrected chi connectivity index (χ3v) is 1.86. The first-order valence-corrected chi connectivity index (χ1v) is 4.78. The monoisotopic (exact) mass is 241 g/mol. The zero-order chi connectivity index (χ0) is 12.8. The largest absolute Gasteiger partial charge is 0.494 e. The third kappa shape index (κ3) is 3.93. The molecule has 0 aromatic carbocycles. The van der Waals surface area contributed by atoms with E-state index in [1.165, 1.54) is 0 Å². The highest BCUT2D eigenvalue weighted by molar-refractivity contribution is 5.81. The lowest BCUT2D eigenvalue weighted by atomic mass is 10.3. The summed E-state index contributed by atoms with van der Waals surface area (Å²) >= 11 is 0. The van der Waals surface area contributed by atoms with E-state index in [4.69, 9.17) is 5.11 Å². The summed E-state index contributed by atoms with van der Waals surface area (Å²) in [5, 5.41) is 17.6. The van der Waals surface area contributed by atoms with Gasteiger partial charge in [0.05, 0.1) is 0 Å². The number of aromatic amines is 2. The number of aliphatic imine (C=N–C) groups is 1. The molecule has 0 saturated heterocycles. The summed E-state index contributed by atoms with van der Waals surface area (Å²) in [6, 6.07) is 0. The lowest BCUT2D eigenvalue weighted by molar-refractivity contribution is -0.137. The first-order valence-electron chi connectivity index (χ1n) is 4.78. The maximum absolute atomic E-state index is 11.2. The average molecular weight is 241 g/mol. The van der Waals surface area contributed by atoms with Gasteiger partial charge >= 0.3 is 11.7 Å². The lowest BCUT2D eigenvalue weighted by Crippen LogP contribution is -2.24. The van der Waals surface area contributed by atoms with E-state index in [0.717, 1.165) is 6.21 Å². The van der Waals surface area contributed by atoms with Crippen molar-refractivity contribution >= 4 is 12.2 Å². The molecule has 1 rings (SSSR count). The van der Waals surface area contributed by atoms with E-state index in [9.17, 15) is 19.5 Å². The molecule has 0 bridgehead atoms. The molecular formula is C9H11N3O5. The lowest BCUT2D eigenvalue weighted by Gasteiger charge is -1.96. The molecule has 0 aliphatic carbocycles. The van der Waals surface area contributed by atoms with E-state index < -0.39 is 23.1 Å². The minimum Gasteiger partial charge on any atom is -0.494 e. The maximum atomic E-state index is 11.2. The van der Waals surface area contributed by atoms with Crippen molar-refractivity contribution in [1.82, 2.24) is 9.97 Å².